The number of rotatable bonds is 6. The Morgan fingerprint density at radius 2 is 2.21 bits per heavy atom. The highest BCUT2D eigenvalue weighted by Gasteiger charge is 2.20. The lowest BCUT2D eigenvalue weighted by molar-refractivity contribution is 0.0456. The summed E-state index contributed by atoms with van der Waals surface area (Å²) in [5.74, 6) is 0. The average Bonchev–Trinajstić information content (AvgIpc) is 2.48. The maximum atomic E-state index is 5.43. The molecule has 0 aliphatic carbocycles. The highest BCUT2D eigenvalue weighted by atomic mass is 28.3. The minimum Gasteiger partial charge on any atom is -0.388 e. The summed E-state index contributed by atoms with van der Waals surface area (Å²) in [5.41, 5.74) is 1.19. The van der Waals surface area contributed by atoms with Gasteiger partial charge in [0.2, 0.25) is 0 Å². The number of methoxy groups -OCH3 is 1. The molecule has 1 radical (unpaired) electrons. The second-order valence-electron chi connectivity index (χ2n) is 4.75. The average molecular weight is 276 g/mol. The molecule has 3 nitrogen and oxygen atoms in total. The van der Waals surface area contributed by atoms with E-state index in [9.17, 15) is 0 Å². The first kappa shape index (κ1) is 14.5. The molecule has 0 N–H and O–H groups in total. The molecule has 1 aromatic rings. The lowest BCUT2D eigenvalue weighted by atomic mass is 10.2. The molecule has 0 saturated carbocycles. The van der Waals surface area contributed by atoms with E-state index in [1.54, 1.807) is 7.11 Å². The Morgan fingerprint density at radius 1 is 1.42 bits per heavy atom. The van der Waals surface area contributed by atoms with Crippen molar-refractivity contribution in [1.29, 1.82) is 0 Å². The van der Waals surface area contributed by atoms with E-state index in [0.717, 1.165) is 38.7 Å². The van der Waals surface area contributed by atoms with Crippen molar-refractivity contribution in [3.8, 4) is 0 Å². The van der Waals surface area contributed by atoms with Gasteiger partial charge < -0.3 is 14.4 Å². The summed E-state index contributed by atoms with van der Waals surface area (Å²) < 4.78 is 10.8. The molecule has 0 bridgehead atoms. The normalized spacial score (nSPS) is 16.7. The molecule has 2 rings (SSSR count). The first-order chi connectivity index (χ1) is 9.33. The van der Waals surface area contributed by atoms with E-state index in [1.165, 1.54) is 10.8 Å². The summed E-state index contributed by atoms with van der Waals surface area (Å²) in [5, 5.41) is 1.43. The van der Waals surface area contributed by atoms with Crippen LogP contribution in [0, 0.1) is 0 Å². The molecule has 1 fully saturated rings. The molecule has 0 amide bonds. The summed E-state index contributed by atoms with van der Waals surface area (Å²) in [6.45, 7) is 7.64. The first-order valence-electron chi connectivity index (χ1n) is 6.70. The van der Waals surface area contributed by atoms with Gasteiger partial charge in [-0.1, -0.05) is 42.1 Å². The van der Waals surface area contributed by atoms with Gasteiger partial charge >= 0.3 is 0 Å². The lowest BCUT2D eigenvalue weighted by Gasteiger charge is -2.29. The summed E-state index contributed by atoms with van der Waals surface area (Å²) in [6.07, 6.45) is 3.88. The number of benzene rings is 1. The molecule has 0 aromatic heterocycles. The fraction of sp³-hybridized carbons (Fsp3) is 0.467. The van der Waals surface area contributed by atoms with Crippen LogP contribution in [-0.2, 0) is 9.47 Å². The van der Waals surface area contributed by atoms with Gasteiger partial charge in [-0.2, -0.15) is 0 Å². The van der Waals surface area contributed by atoms with Crippen LogP contribution < -0.4 is 5.19 Å². The fourth-order valence-corrected chi connectivity index (χ4v) is 4.66. The molecule has 19 heavy (non-hydrogen) atoms. The minimum absolute atomic E-state index is 0.704. The second-order valence-corrected chi connectivity index (χ2v) is 7.14. The molecule has 1 aliphatic heterocycles. The summed E-state index contributed by atoms with van der Waals surface area (Å²) in [4.78, 5) is 2.50. The Balaban J connectivity index is 2.06. The maximum absolute atomic E-state index is 5.43. The fourth-order valence-electron chi connectivity index (χ4n) is 2.31. The van der Waals surface area contributed by atoms with Crippen LogP contribution in [0.1, 0.15) is 5.56 Å². The number of morpholine rings is 1. The molecule has 103 valence electrons. The van der Waals surface area contributed by atoms with Crippen molar-refractivity contribution in [2.75, 3.05) is 45.8 Å². The molecule has 1 aromatic carbocycles. The molecule has 0 spiro atoms. The standard InChI is InChI=1S/C15H22NO2Si/c1-3-14-5-4-6-15(11-14)19(13-17-2)12-16-7-9-18-10-8-16/h3-6,11H,1,7-10,12-13H2,2H3. The van der Waals surface area contributed by atoms with Crippen LogP contribution in [0.4, 0.5) is 0 Å². The molecule has 0 atom stereocenters. The van der Waals surface area contributed by atoms with E-state index in [4.69, 9.17) is 9.47 Å². The van der Waals surface area contributed by atoms with Crippen molar-refractivity contribution in [3.05, 3.63) is 36.4 Å². The third-order valence-corrected chi connectivity index (χ3v) is 5.96. The Bertz CT molecular complexity index is 405. The molecule has 0 unspecified atom stereocenters. The number of hydrogen-bond donors (Lipinski definition) is 0. The molecular weight excluding hydrogens is 254 g/mol. The van der Waals surface area contributed by atoms with Gasteiger partial charge in [-0.25, -0.2) is 0 Å². The predicted octanol–water partition coefficient (Wildman–Crippen LogP) is 1.09. The highest BCUT2D eigenvalue weighted by molar-refractivity contribution is 6.73. The zero-order valence-electron chi connectivity index (χ0n) is 11.6. The Hall–Kier alpha value is -0.943. The molecule has 4 heteroatoms. The minimum atomic E-state index is -0.704. The van der Waals surface area contributed by atoms with Gasteiger partial charge in [0.15, 0.2) is 0 Å². The van der Waals surface area contributed by atoms with Crippen LogP contribution in [0.2, 0.25) is 0 Å². The smallest absolute Gasteiger partial charge is 0.132 e. The number of nitrogens with zero attached hydrogens (tertiary/aromatic N) is 1. The summed E-state index contributed by atoms with van der Waals surface area (Å²) in [6, 6.07) is 8.69. The van der Waals surface area contributed by atoms with Crippen LogP contribution in [0.3, 0.4) is 0 Å². The number of ether oxygens (including phenoxy) is 2. The van der Waals surface area contributed by atoms with Gasteiger partial charge in [0, 0.05) is 26.4 Å². The maximum Gasteiger partial charge on any atom is 0.132 e. The van der Waals surface area contributed by atoms with Gasteiger partial charge in [0.05, 0.1) is 13.2 Å². The van der Waals surface area contributed by atoms with Gasteiger partial charge in [-0.15, -0.1) is 0 Å². The van der Waals surface area contributed by atoms with Crippen LogP contribution in [-0.4, -0.2) is 59.5 Å². The van der Waals surface area contributed by atoms with Crippen molar-refractivity contribution in [2.45, 2.75) is 0 Å². The quantitative estimate of drug-likeness (QED) is 0.726. The van der Waals surface area contributed by atoms with Crippen molar-refractivity contribution in [1.82, 2.24) is 4.90 Å². The van der Waals surface area contributed by atoms with Gasteiger partial charge in [0.25, 0.3) is 0 Å². The first-order valence-corrected chi connectivity index (χ1v) is 8.61. The summed E-state index contributed by atoms with van der Waals surface area (Å²) >= 11 is 0. The van der Waals surface area contributed by atoms with Gasteiger partial charge in [-0.3, -0.25) is 0 Å². The van der Waals surface area contributed by atoms with Crippen molar-refractivity contribution >= 4 is 20.1 Å². The zero-order chi connectivity index (χ0) is 13.5. The summed E-state index contributed by atoms with van der Waals surface area (Å²) in [7, 11) is 1.09. The third-order valence-electron chi connectivity index (χ3n) is 3.37. The van der Waals surface area contributed by atoms with Crippen LogP contribution in [0.15, 0.2) is 30.8 Å². The number of hydrogen-bond acceptors (Lipinski definition) is 3. The van der Waals surface area contributed by atoms with E-state index in [0.29, 0.717) is 0 Å². The van der Waals surface area contributed by atoms with Crippen molar-refractivity contribution < 1.29 is 9.47 Å². The third kappa shape index (κ3) is 4.28. The molecular formula is C15H22NO2Si. The highest BCUT2D eigenvalue weighted by Crippen LogP contribution is 2.03. The monoisotopic (exact) mass is 276 g/mol. The van der Waals surface area contributed by atoms with E-state index in [2.05, 4.69) is 35.7 Å². The van der Waals surface area contributed by atoms with Gasteiger partial charge in [-0.05, 0) is 11.7 Å². The Morgan fingerprint density at radius 3 is 2.89 bits per heavy atom. The topological polar surface area (TPSA) is 21.7 Å². The van der Waals surface area contributed by atoms with Crippen LogP contribution in [0.25, 0.3) is 6.08 Å². The van der Waals surface area contributed by atoms with E-state index in [-0.39, 0.29) is 0 Å². The molecule has 1 saturated heterocycles. The van der Waals surface area contributed by atoms with E-state index in [1.807, 2.05) is 6.08 Å². The van der Waals surface area contributed by atoms with E-state index >= 15 is 0 Å². The predicted molar refractivity (Wildman–Crippen MR) is 81.1 cm³/mol. The second kappa shape index (κ2) is 7.60. The van der Waals surface area contributed by atoms with Crippen molar-refractivity contribution in [2.24, 2.45) is 0 Å². The Kier molecular flexibility index (Phi) is 5.79. The van der Waals surface area contributed by atoms with Crippen LogP contribution >= 0.6 is 0 Å². The van der Waals surface area contributed by atoms with Crippen LogP contribution in [0.5, 0.6) is 0 Å². The lowest BCUT2D eigenvalue weighted by Crippen LogP contribution is -2.49. The van der Waals surface area contributed by atoms with Gasteiger partial charge in [0.1, 0.15) is 8.80 Å². The zero-order valence-corrected chi connectivity index (χ0v) is 12.6. The Labute approximate surface area is 117 Å². The largest absolute Gasteiger partial charge is 0.388 e. The molecule has 1 heterocycles. The van der Waals surface area contributed by atoms with E-state index < -0.39 is 8.80 Å². The SMILES string of the molecule is C=Cc1cccc([Si](COC)CN2CCOCC2)c1. The van der Waals surface area contributed by atoms with Crippen molar-refractivity contribution in [3.63, 3.8) is 0 Å². The molecule has 1 aliphatic rings.